The highest BCUT2D eigenvalue weighted by Gasteiger charge is 2.22. The van der Waals surface area contributed by atoms with E-state index >= 15 is 0 Å². The van der Waals surface area contributed by atoms with Gasteiger partial charge in [0.05, 0.1) is 5.52 Å². The first-order valence-electron chi connectivity index (χ1n) is 6.94. The fourth-order valence-corrected chi connectivity index (χ4v) is 3.08. The SMILES string of the molecule is CC(C)(C)c1cc2c(Br)cccc2n1-c1ccc(F)cc1. The van der Waals surface area contributed by atoms with Gasteiger partial charge in [0.15, 0.2) is 0 Å². The molecule has 2 aromatic carbocycles. The summed E-state index contributed by atoms with van der Waals surface area (Å²) in [6, 6.07) is 15.0. The summed E-state index contributed by atoms with van der Waals surface area (Å²) >= 11 is 3.62. The maximum atomic E-state index is 13.2. The first kappa shape index (κ1) is 14.3. The Bertz CT molecular complexity index is 794. The Balaban J connectivity index is 2.38. The monoisotopic (exact) mass is 345 g/mol. The van der Waals surface area contributed by atoms with Crippen LogP contribution in [0.15, 0.2) is 53.0 Å². The zero-order valence-corrected chi connectivity index (χ0v) is 13.9. The molecule has 108 valence electrons. The molecule has 21 heavy (non-hydrogen) atoms. The van der Waals surface area contributed by atoms with E-state index in [1.54, 1.807) is 0 Å². The summed E-state index contributed by atoms with van der Waals surface area (Å²) in [7, 11) is 0. The van der Waals surface area contributed by atoms with Crippen molar-refractivity contribution < 1.29 is 4.39 Å². The van der Waals surface area contributed by atoms with Crippen LogP contribution in [-0.2, 0) is 5.41 Å². The second-order valence-corrected chi connectivity index (χ2v) is 7.12. The van der Waals surface area contributed by atoms with Gasteiger partial charge >= 0.3 is 0 Å². The number of aromatic nitrogens is 1. The van der Waals surface area contributed by atoms with Crippen LogP contribution in [0.4, 0.5) is 4.39 Å². The maximum Gasteiger partial charge on any atom is 0.123 e. The van der Waals surface area contributed by atoms with Gasteiger partial charge in [0.1, 0.15) is 5.82 Å². The zero-order chi connectivity index (χ0) is 15.2. The fourth-order valence-electron chi connectivity index (χ4n) is 2.61. The summed E-state index contributed by atoms with van der Waals surface area (Å²) in [5.41, 5.74) is 3.30. The van der Waals surface area contributed by atoms with Crippen molar-refractivity contribution in [2.45, 2.75) is 26.2 Å². The Hall–Kier alpha value is -1.61. The van der Waals surface area contributed by atoms with Gasteiger partial charge in [-0.1, -0.05) is 42.8 Å². The predicted molar refractivity (Wildman–Crippen MR) is 89.6 cm³/mol. The lowest BCUT2D eigenvalue weighted by Crippen LogP contribution is -2.16. The summed E-state index contributed by atoms with van der Waals surface area (Å²) in [4.78, 5) is 0. The Morgan fingerprint density at radius 3 is 2.29 bits per heavy atom. The van der Waals surface area contributed by atoms with Gasteiger partial charge < -0.3 is 4.57 Å². The van der Waals surface area contributed by atoms with Gasteiger partial charge in [-0.25, -0.2) is 4.39 Å². The number of nitrogens with zero attached hydrogens (tertiary/aromatic N) is 1. The Morgan fingerprint density at radius 1 is 1.00 bits per heavy atom. The van der Waals surface area contributed by atoms with E-state index in [1.165, 1.54) is 23.2 Å². The molecular weight excluding hydrogens is 329 g/mol. The average molecular weight is 346 g/mol. The van der Waals surface area contributed by atoms with Crippen LogP contribution >= 0.6 is 15.9 Å². The number of hydrogen-bond acceptors (Lipinski definition) is 0. The van der Waals surface area contributed by atoms with Crippen LogP contribution in [0.5, 0.6) is 0 Å². The number of halogens is 2. The molecule has 0 aliphatic heterocycles. The Kier molecular flexibility index (Phi) is 3.40. The highest BCUT2D eigenvalue weighted by Crippen LogP contribution is 2.35. The molecule has 3 aromatic rings. The highest BCUT2D eigenvalue weighted by molar-refractivity contribution is 9.10. The molecule has 0 radical (unpaired) electrons. The van der Waals surface area contributed by atoms with Crippen molar-refractivity contribution in [3.05, 3.63) is 64.5 Å². The molecule has 0 spiro atoms. The van der Waals surface area contributed by atoms with Gasteiger partial charge in [0.25, 0.3) is 0 Å². The van der Waals surface area contributed by atoms with Crippen molar-refractivity contribution in [3.8, 4) is 5.69 Å². The van der Waals surface area contributed by atoms with Crippen molar-refractivity contribution in [2.75, 3.05) is 0 Å². The maximum absolute atomic E-state index is 13.2. The first-order chi connectivity index (χ1) is 9.88. The minimum absolute atomic E-state index is 0.00710. The average Bonchev–Trinajstić information content (AvgIpc) is 2.81. The van der Waals surface area contributed by atoms with E-state index in [2.05, 4.69) is 53.4 Å². The second kappa shape index (κ2) is 4.99. The second-order valence-electron chi connectivity index (χ2n) is 6.26. The molecule has 0 atom stereocenters. The van der Waals surface area contributed by atoms with Crippen LogP contribution in [0.3, 0.4) is 0 Å². The Labute approximate surface area is 132 Å². The molecule has 0 bridgehead atoms. The smallest absolute Gasteiger partial charge is 0.123 e. The van der Waals surface area contributed by atoms with Crippen LogP contribution in [-0.4, -0.2) is 4.57 Å². The van der Waals surface area contributed by atoms with Crippen molar-refractivity contribution in [3.63, 3.8) is 0 Å². The summed E-state index contributed by atoms with van der Waals surface area (Å²) < 4.78 is 16.5. The van der Waals surface area contributed by atoms with Gasteiger partial charge in [-0.3, -0.25) is 0 Å². The molecule has 0 saturated heterocycles. The van der Waals surface area contributed by atoms with Gasteiger partial charge in [-0.05, 0) is 42.5 Å². The van der Waals surface area contributed by atoms with Crippen molar-refractivity contribution in [1.82, 2.24) is 4.57 Å². The molecule has 3 rings (SSSR count). The molecule has 1 nitrogen and oxygen atoms in total. The number of hydrogen-bond donors (Lipinski definition) is 0. The Morgan fingerprint density at radius 2 is 1.67 bits per heavy atom. The summed E-state index contributed by atoms with van der Waals surface area (Å²) in [6.07, 6.45) is 0. The minimum atomic E-state index is -0.214. The molecule has 1 heterocycles. The summed E-state index contributed by atoms with van der Waals surface area (Å²) in [6.45, 7) is 6.57. The quantitative estimate of drug-likeness (QED) is 0.522. The molecule has 0 aliphatic rings. The lowest BCUT2D eigenvalue weighted by molar-refractivity contribution is 0.559. The molecular formula is C18H17BrFN. The lowest BCUT2D eigenvalue weighted by Gasteiger charge is -2.22. The molecule has 1 aromatic heterocycles. The molecule has 0 unspecified atom stereocenters. The van der Waals surface area contributed by atoms with Gasteiger partial charge in [0, 0.05) is 26.7 Å². The zero-order valence-electron chi connectivity index (χ0n) is 12.3. The topological polar surface area (TPSA) is 4.93 Å². The van der Waals surface area contributed by atoms with Gasteiger partial charge in [0.2, 0.25) is 0 Å². The molecule has 0 amide bonds. The largest absolute Gasteiger partial charge is 0.313 e. The van der Waals surface area contributed by atoms with E-state index in [1.807, 2.05) is 24.3 Å². The predicted octanol–water partition coefficient (Wildman–Crippen LogP) is 5.83. The van der Waals surface area contributed by atoms with Gasteiger partial charge in [-0.2, -0.15) is 0 Å². The van der Waals surface area contributed by atoms with Crippen LogP contribution in [0.2, 0.25) is 0 Å². The normalized spacial score (nSPS) is 12.0. The van der Waals surface area contributed by atoms with Crippen molar-refractivity contribution in [1.29, 1.82) is 0 Å². The third kappa shape index (κ3) is 2.51. The molecule has 0 fully saturated rings. The van der Waals surface area contributed by atoms with E-state index in [-0.39, 0.29) is 11.2 Å². The van der Waals surface area contributed by atoms with Crippen molar-refractivity contribution in [2.24, 2.45) is 0 Å². The number of benzene rings is 2. The molecule has 0 saturated carbocycles. The lowest BCUT2D eigenvalue weighted by atomic mass is 9.92. The summed E-state index contributed by atoms with van der Waals surface area (Å²) in [5.74, 6) is -0.214. The van der Waals surface area contributed by atoms with Crippen LogP contribution in [0.1, 0.15) is 26.5 Å². The fraction of sp³-hybridized carbons (Fsp3) is 0.222. The van der Waals surface area contributed by atoms with E-state index in [0.717, 1.165) is 15.7 Å². The third-order valence-corrected chi connectivity index (χ3v) is 4.34. The minimum Gasteiger partial charge on any atom is -0.313 e. The van der Waals surface area contributed by atoms with E-state index in [4.69, 9.17) is 0 Å². The number of fused-ring (bicyclic) bond motifs is 1. The molecule has 0 N–H and O–H groups in total. The van der Waals surface area contributed by atoms with Crippen molar-refractivity contribution >= 4 is 26.8 Å². The molecule has 0 aliphatic carbocycles. The molecule has 3 heteroatoms. The number of rotatable bonds is 1. The van der Waals surface area contributed by atoms with Crippen LogP contribution in [0, 0.1) is 5.82 Å². The highest BCUT2D eigenvalue weighted by atomic mass is 79.9. The van der Waals surface area contributed by atoms with E-state index in [9.17, 15) is 4.39 Å². The summed E-state index contributed by atoms with van der Waals surface area (Å²) in [5, 5.41) is 1.17. The van der Waals surface area contributed by atoms with Crippen LogP contribution in [0.25, 0.3) is 16.6 Å². The van der Waals surface area contributed by atoms with Gasteiger partial charge in [-0.15, -0.1) is 0 Å². The van der Waals surface area contributed by atoms with E-state index < -0.39 is 0 Å². The van der Waals surface area contributed by atoms with Crippen LogP contribution < -0.4 is 0 Å². The first-order valence-corrected chi connectivity index (χ1v) is 7.73. The third-order valence-electron chi connectivity index (χ3n) is 3.65. The van der Waals surface area contributed by atoms with E-state index in [0.29, 0.717) is 0 Å². The standard InChI is InChI=1S/C18H17BrFN/c1-18(2,3)17-11-14-15(19)5-4-6-16(14)21(17)13-9-7-12(20)8-10-13/h4-11H,1-3H3.